The maximum Gasteiger partial charge on any atom is 0.161 e. The zero-order valence-corrected chi connectivity index (χ0v) is 12.5. The highest BCUT2D eigenvalue weighted by Crippen LogP contribution is 2.25. The highest BCUT2D eigenvalue weighted by molar-refractivity contribution is 8.14. The van der Waals surface area contributed by atoms with Crippen molar-refractivity contribution in [1.29, 1.82) is 0 Å². The van der Waals surface area contributed by atoms with Crippen LogP contribution in [0.2, 0.25) is 0 Å². The summed E-state index contributed by atoms with van der Waals surface area (Å²) >= 11 is 1.83. The van der Waals surface area contributed by atoms with Crippen molar-refractivity contribution in [3.05, 3.63) is 29.3 Å². The summed E-state index contributed by atoms with van der Waals surface area (Å²) in [6.07, 6.45) is 1.19. The monoisotopic (exact) mass is 262 g/mol. The first-order chi connectivity index (χ1) is 8.56. The van der Waals surface area contributed by atoms with Gasteiger partial charge in [0.2, 0.25) is 0 Å². The fourth-order valence-electron chi connectivity index (χ4n) is 2.15. The van der Waals surface area contributed by atoms with Gasteiger partial charge in [-0.3, -0.25) is 4.99 Å². The third-order valence-electron chi connectivity index (χ3n) is 3.33. The molecule has 2 nitrogen and oxygen atoms in total. The molecule has 0 saturated carbocycles. The van der Waals surface area contributed by atoms with Gasteiger partial charge >= 0.3 is 0 Å². The van der Waals surface area contributed by atoms with Gasteiger partial charge in [0.25, 0.3) is 0 Å². The molecule has 3 heteroatoms. The van der Waals surface area contributed by atoms with Crippen LogP contribution in [0.5, 0.6) is 0 Å². The predicted octanol–water partition coefficient (Wildman–Crippen LogP) is 4.23. The highest BCUT2D eigenvalue weighted by Gasteiger charge is 2.18. The van der Waals surface area contributed by atoms with E-state index in [1.54, 1.807) is 0 Å². The molecule has 0 aliphatic carbocycles. The summed E-state index contributed by atoms with van der Waals surface area (Å²) in [4.78, 5) is 4.81. The van der Waals surface area contributed by atoms with E-state index in [1.165, 1.54) is 29.0 Å². The second kappa shape index (κ2) is 5.79. The second-order valence-corrected chi connectivity index (χ2v) is 6.41. The molecule has 2 rings (SSSR count). The lowest BCUT2D eigenvalue weighted by atomic mass is 10.0. The Morgan fingerprint density at radius 1 is 1.33 bits per heavy atom. The number of aryl methyl sites for hydroxylation is 2. The molecule has 0 fully saturated rings. The van der Waals surface area contributed by atoms with Crippen LogP contribution in [0.3, 0.4) is 0 Å². The maximum atomic E-state index is 4.81. The second-order valence-electron chi connectivity index (χ2n) is 5.33. The van der Waals surface area contributed by atoms with Gasteiger partial charge in [-0.1, -0.05) is 43.3 Å². The predicted molar refractivity (Wildman–Crippen MR) is 82.7 cm³/mol. The van der Waals surface area contributed by atoms with Crippen molar-refractivity contribution >= 4 is 22.6 Å². The summed E-state index contributed by atoms with van der Waals surface area (Å²) in [5.41, 5.74) is 3.76. The molecule has 0 unspecified atom stereocenters. The SMILES string of the molecule is Cc1ccc(NC2=N[C@@H](C(C)C)CCS2)c(C)c1. The van der Waals surface area contributed by atoms with E-state index in [1.807, 2.05) is 11.8 Å². The van der Waals surface area contributed by atoms with Crippen LogP contribution in [-0.2, 0) is 0 Å². The Kier molecular flexibility index (Phi) is 4.33. The third kappa shape index (κ3) is 3.29. The van der Waals surface area contributed by atoms with Crippen molar-refractivity contribution in [2.45, 2.75) is 40.2 Å². The molecule has 1 atom stereocenters. The van der Waals surface area contributed by atoms with E-state index in [-0.39, 0.29) is 0 Å². The van der Waals surface area contributed by atoms with Crippen LogP contribution in [0, 0.1) is 19.8 Å². The van der Waals surface area contributed by atoms with Gasteiger partial charge < -0.3 is 5.32 Å². The first kappa shape index (κ1) is 13.5. The van der Waals surface area contributed by atoms with Gasteiger partial charge in [0.05, 0.1) is 6.04 Å². The lowest BCUT2D eigenvalue weighted by molar-refractivity contribution is 0.485. The minimum absolute atomic E-state index is 0.472. The summed E-state index contributed by atoms with van der Waals surface area (Å²) < 4.78 is 0. The number of hydrogen-bond donors (Lipinski definition) is 1. The molecule has 0 saturated heterocycles. The van der Waals surface area contributed by atoms with Crippen LogP contribution >= 0.6 is 11.8 Å². The topological polar surface area (TPSA) is 24.4 Å². The standard InChI is InChI=1S/C15H22N2S/c1-10(2)13-7-8-18-15(16-13)17-14-6-5-11(3)9-12(14)4/h5-6,9-10,13H,7-8H2,1-4H3,(H,16,17)/t13-/m1/s1. The quantitative estimate of drug-likeness (QED) is 0.862. The van der Waals surface area contributed by atoms with Gasteiger partial charge in [-0.2, -0.15) is 0 Å². The Labute approximate surface area is 114 Å². The van der Waals surface area contributed by atoms with Crippen molar-refractivity contribution < 1.29 is 0 Å². The number of nitrogens with zero attached hydrogens (tertiary/aromatic N) is 1. The smallest absolute Gasteiger partial charge is 0.161 e. The molecule has 0 bridgehead atoms. The molecular weight excluding hydrogens is 240 g/mol. The zero-order valence-electron chi connectivity index (χ0n) is 11.7. The summed E-state index contributed by atoms with van der Waals surface area (Å²) in [7, 11) is 0. The van der Waals surface area contributed by atoms with E-state index < -0.39 is 0 Å². The minimum Gasteiger partial charge on any atom is -0.335 e. The molecule has 0 aromatic heterocycles. The molecule has 1 aromatic carbocycles. The third-order valence-corrected chi connectivity index (χ3v) is 4.25. The van der Waals surface area contributed by atoms with Gasteiger partial charge in [-0.05, 0) is 37.8 Å². The molecule has 1 aromatic rings. The fourth-order valence-corrected chi connectivity index (χ4v) is 3.09. The fraction of sp³-hybridized carbons (Fsp3) is 0.533. The zero-order chi connectivity index (χ0) is 13.1. The molecule has 0 amide bonds. The van der Waals surface area contributed by atoms with Crippen LogP contribution in [0.15, 0.2) is 23.2 Å². The van der Waals surface area contributed by atoms with Crippen molar-refractivity contribution in [1.82, 2.24) is 0 Å². The Hall–Kier alpha value is -0.960. The number of hydrogen-bond acceptors (Lipinski definition) is 3. The summed E-state index contributed by atoms with van der Waals surface area (Å²) in [6, 6.07) is 6.96. The van der Waals surface area contributed by atoms with E-state index in [4.69, 9.17) is 4.99 Å². The number of thioether (sulfide) groups is 1. The van der Waals surface area contributed by atoms with Crippen molar-refractivity contribution in [3.8, 4) is 0 Å². The number of rotatable bonds is 2. The van der Waals surface area contributed by atoms with E-state index in [2.05, 4.69) is 51.2 Å². The molecule has 1 heterocycles. The van der Waals surface area contributed by atoms with Crippen LogP contribution in [0.25, 0.3) is 0 Å². The molecule has 0 spiro atoms. The average Bonchev–Trinajstić information content (AvgIpc) is 2.33. The normalized spacial score (nSPS) is 19.8. The van der Waals surface area contributed by atoms with Crippen LogP contribution in [0.4, 0.5) is 5.69 Å². The van der Waals surface area contributed by atoms with Crippen molar-refractivity contribution in [2.24, 2.45) is 10.9 Å². The van der Waals surface area contributed by atoms with Gasteiger partial charge in [-0.15, -0.1) is 0 Å². The molecule has 18 heavy (non-hydrogen) atoms. The number of nitrogens with one attached hydrogen (secondary N) is 1. The summed E-state index contributed by atoms with van der Waals surface area (Å²) in [6.45, 7) is 8.76. The highest BCUT2D eigenvalue weighted by atomic mass is 32.2. The van der Waals surface area contributed by atoms with Crippen LogP contribution in [-0.4, -0.2) is 17.0 Å². The van der Waals surface area contributed by atoms with Crippen molar-refractivity contribution in [3.63, 3.8) is 0 Å². The first-order valence-corrected chi connectivity index (χ1v) is 7.59. The van der Waals surface area contributed by atoms with Crippen LogP contribution in [0.1, 0.15) is 31.4 Å². The van der Waals surface area contributed by atoms with Gasteiger partial charge in [0, 0.05) is 11.4 Å². The van der Waals surface area contributed by atoms with Gasteiger partial charge in [-0.25, -0.2) is 0 Å². The Bertz CT molecular complexity index is 452. The molecule has 0 radical (unpaired) electrons. The molecule has 98 valence electrons. The van der Waals surface area contributed by atoms with E-state index in [0.29, 0.717) is 12.0 Å². The Balaban J connectivity index is 2.13. The lowest BCUT2D eigenvalue weighted by Gasteiger charge is -2.23. The number of aliphatic imine (C=N–C) groups is 1. The van der Waals surface area contributed by atoms with E-state index in [0.717, 1.165) is 5.17 Å². The molecule has 1 aliphatic rings. The lowest BCUT2D eigenvalue weighted by Crippen LogP contribution is -2.24. The van der Waals surface area contributed by atoms with E-state index >= 15 is 0 Å². The summed E-state index contributed by atoms with van der Waals surface area (Å²) in [5.74, 6) is 1.79. The number of anilines is 1. The number of benzene rings is 1. The summed E-state index contributed by atoms with van der Waals surface area (Å²) in [5, 5.41) is 4.55. The maximum absolute atomic E-state index is 4.81. The largest absolute Gasteiger partial charge is 0.335 e. The van der Waals surface area contributed by atoms with Gasteiger partial charge in [0.15, 0.2) is 5.17 Å². The first-order valence-electron chi connectivity index (χ1n) is 6.61. The average molecular weight is 262 g/mol. The van der Waals surface area contributed by atoms with Gasteiger partial charge in [0.1, 0.15) is 0 Å². The molecule has 1 aliphatic heterocycles. The van der Waals surface area contributed by atoms with Crippen LogP contribution < -0.4 is 5.32 Å². The Morgan fingerprint density at radius 3 is 2.78 bits per heavy atom. The minimum atomic E-state index is 0.472. The van der Waals surface area contributed by atoms with E-state index in [9.17, 15) is 0 Å². The number of amidine groups is 1. The molecule has 1 N–H and O–H groups in total. The Morgan fingerprint density at radius 2 is 2.11 bits per heavy atom. The molecular formula is C15H22N2S. The van der Waals surface area contributed by atoms with Crippen molar-refractivity contribution in [2.75, 3.05) is 11.1 Å².